The lowest BCUT2D eigenvalue weighted by atomic mass is 10.1. The largest absolute Gasteiger partial charge is 0.370 e. The van der Waals surface area contributed by atoms with Crippen molar-refractivity contribution in [3.8, 4) is 0 Å². The molecule has 1 N–H and O–H groups in total. The third-order valence-corrected chi connectivity index (χ3v) is 3.27. The first-order valence-corrected chi connectivity index (χ1v) is 7.42. The zero-order chi connectivity index (χ0) is 14.8. The molecule has 0 bridgehead atoms. The van der Waals surface area contributed by atoms with E-state index in [2.05, 4.69) is 47.9 Å². The van der Waals surface area contributed by atoms with E-state index in [1.807, 2.05) is 13.0 Å². The third kappa shape index (κ3) is 3.82. The summed E-state index contributed by atoms with van der Waals surface area (Å²) in [5.41, 5.74) is -0.145. The average molecular weight is 278 g/mol. The Morgan fingerprint density at radius 3 is 2.85 bits per heavy atom. The van der Waals surface area contributed by atoms with E-state index >= 15 is 0 Å². The van der Waals surface area contributed by atoms with Gasteiger partial charge in [0.25, 0.3) is 0 Å². The lowest BCUT2D eigenvalue weighted by molar-refractivity contribution is -0.0751. The van der Waals surface area contributed by atoms with Crippen LogP contribution in [0.25, 0.3) is 0 Å². The summed E-state index contributed by atoms with van der Waals surface area (Å²) in [5.74, 6) is 2.70. The highest BCUT2D eigenvalue weighted by atomic mass is 16.5. The van der Waals surface area contributed by atoms with Crippen molar-refractivity contribution in [2.75, 3.05) is 29.9 Å². The van der Waals surface area contributed by atoms with Gasteiger partial charge in [0.2, 0.25) is 0 Å². The number of nitrogens with zero attached hydrogens (tertiary/aromatic N) is 3. The molecule has 0 radical (unpaired) electrons. The molecule has 5 heteroatoms. The zero-order valence-corrected chi connectivity index (χ0v) is 13.2. The molecule has 112 valence electrons. The number of rotatable bonds is 4. The Labute approximate surface area is 121 Å². The predicted molar refractivity (Wildman–Crippen MR) is 82.4 cm³/mol. The molecule has 1 saturated heterocycles. The first-order valence-electron chi connectivity index (χ1n) is 7.42. The van der Waals surface area contributed by atoms with Crippen LogP contribution in [0.3, 0.4) is 0 Å². The molecule has 2 rings (SSSR count). The van der Waals surface area contributed by atoms with Gasteiger partial charge in [-0.2, -0.15) is 0 Å². The summed E-state index contributed by atoms with van der Waals surface area (Å²) >= 11 is 0. The van der Waals surface area contributed by atoms with E-state index in [1.54, 1.807) is 0 Å². The van der Waals surface area contributed by atoms with Crippen molar-refractivity contribution in [3.63, 3.8) is 0 Å². The van der Waals surface area contributed by atoms with Gasteiger partial charge in [-0.15, -0.1) is 0 Å². The topological polar surface area (TPSA) is 50.3 Å². The van der Waals surface area contributed by atoms with Crippen LogP contribution in [-0.4, -0.2) is 41.3 Å². The number of nitrogens with one attached hydrogen (secondary N) is 1. The first kappa shape index (κ1) is 15.0. The SMILES string of the molecule is CCCNc1cc(N2CC(C)OC(C)(C)C2)nc(C)n1. The van der Waals surface area contributed by atoms with Crippen molar-refractivity contribution in [1.82, 2.24) is 9.97 Å². The highest BCUT2D eigenvalue weighted by Crippen LogP contribution is 2.25. The van der Waals surface area contributed by atoms with Crippen LogP contribution in [0.4, 0.5) is 11.6 Å². The van der Waals surface area contributed by atoms with Crippen LogP contribution in [0.1, 0.15) is 39.9 Å². The molecule has 0 aliphatic carbocycles. The second-order valence-corrected chi connectivity index (χ2v) is 6.15. The second kappa shape index (κ2) is 5.95. The molecule has 0 amide bonds. The smallest absolute Gasteiger partial charge is 0.134 e. The number of hydrogen-bond acceptors (Lipinski definition) is 5. The summed E-state index contributed by atoms with van der Waals surface area (Å²) in [7, 11) is 0. The maximum Gasteiger partial charge on any atom is 0.134 e. The quantitative estimate of drug-likeness (QED) is 0.917. The van der Waals surface area contributed by atoms with E-state index in [4.69, 9.17) is 4.74 Å². The fourth-order valence-electron chi connectivity index (χ4n) is 2.69. The number of hydrogen-bond donors (Lipinski definition) is 1. The molecule has 20 heavy (non-hydrogen) atoms. The maximum absolute atomic E-state index is 5.95. The molecule has 1 aromatic rings. The number of morpholine rings is 1. The van der Waals surface area contributed by atoms with Gasteiger partial charge in [0, 0.05) is 25.7 Å². The Morgan fingerprint density at radius 1 is 1.45 bits per heavy atom. The summed E-state index contributed by atoms with van der Waals surface area (Å²) in [5, 5.41) is 3.34. The van der Waals surface area contributed by atoms with Gasteiger partial charge in [-0.05, 0) is 34.1 Å². The Kier molecular flexibility index (Phi) is 4.48. The van der Waals surface area contributed by atoms with Crippen molar-refractivity contribution >= 4 is 11.6 Å². The molecule has 1 fully saturated rings. The van der Waals surface area contributed by atoms with Gasteiger partial charge < -0.3 is 15.0 Å². The van der Waals surface area contributed by atoms with Crippen molar-refractivity contribution in [2.45, 2.75) is 52.7 Å². The normalized spacial score (nSPS) is 21.9. The minimum absolute atomic E-state index is 0.145. The summed E-state index contributed by atoms with van der Waals surface area (Å²) in [6.45, 7) is 13.1. The Balaban J connectivity index is 2.20. The zero-order valence-electron chi connectivity index (χ0n) is 13.2. The minimum Gasteiger partial charge on any atom is -0.370 e. The Bertz CT molecular complexity index is 461. The van der Waals surface area contributed by atoms with Gasteiger partial charge in [0.15, 0.2) is 0 Å². The van der Waals surface area contributed by atoms with Gasteiger partial charge in [-0.25, -0.2) is 9.97 Å². The molecule has 0 saturated carbocycles. The van der Waals surface area contributed by atoms with Gasteiger partial charge in [0.05, 0.1) is 11.7 Å². The molecule has 1 aromatic heterocycles. The Hall–Kier alpha value is -1.36. The van der Waals surface area contributed by atoms with E-state index in [0.717, 1.165) is 43.5 Å². The van der Waals surface area contributed by atoms with Gasteiger partial charge in [-0.1, -0.05) is 6.92 Å². The van der Waals surface area contributed by atoms with Crippen molar-refractivity contribution in [3.05, 3.63) is 11.9 Å². The molecular weight excluding hydrogens is 252 g/mol. The summed E-state index contributed by atoms with van der Waals surface area (Å²) in [6.07, 6.45) is 1.29. The molecular formula is C15H26N4O. The highest BCUT2D eigenvalue weighted by molar-refractivity contribution is 5.50. The van der Waals surface area contributed by atoms with Crippen molar-refractivity contribution < 1.29 is 4.74 Å². The fourth-order valence-corrected chi connectivity index (χ4v) is 2.69. The molecule has 5 nitrogen and oxygen atoms in total. The molecule has 1 aliphatic rings. The Morgan fingerprint density at radius 2 is 2.20 bits per heavy atom. The lowest BCUT2D eigenvalue weighted by Gasteiger charge is -2.42. The number of aryl methyl sites for hydroxylation is 1. The lowest BCUT2D eigenvalue weighted by Crippen LogP contribution is -2.52. The van der Waals surface area contributed by atoms with Crippen LogP contribution < -0.4 is 10.2 Å². The fraction of sp³-hybridized carbons (Fsp3) is 0.733. The number of anilines is 2. The summed E-state index contributed by atoms with van der Waals surface area (Å²) in [4.78, 5) is 11.3. The summed E-state index contributed by atoms with van der Waals surface area (Å²) < 4.78 is 5.95. The van der Waals surface area contributed by atoms with E-state index in [1.165, 1.54) is 0 Å². The molecule has 1 aliphatic heterocycles. The van der Waals surface area contributed by atoms with E-state index in [9.17, 15) is 0 Å². The van der Waals surface area contributed by atoms with E-state index < -0.39 is 0 Å². The minimum atomic E-state index is -0.145. The maximum atomic E-state index is 5.95. The van der Waals surface area contributed by atoms with Gasteiger partial charge in [-0.3, -0.25) is 0 Å². The third-order valence-electron chi connectivity index (χ3n) is 3.27. The molecule has 1 unspecified atom stereocenters. The van der Waals surface area contributed by atoms with Crippen LogP contribution in [0, 0.1) is 6.92 Å². The van der Waals surface area contributed by atoms with Crippen molar-refractivity contribution in [1.29, 1.82) is 0 Å². The van der Waals surface area contributed by atoms with Gasteiger partial charge in [0.1, 0.15) is 17.5 Å². The second-order valence-electron chi connectivity index (χ2n) is 6.15. The molecule has 1 atom stereocenters. The van der Waals surface area contributed by atoms with Crippen LogP contribution in [0.15, 0.2) is 6.07 Å². The van der Waals surface area contributed by atoms with E-state index in [-0.39, 0.29) is 11.7 Å². The molecule has 2 heterocycles. The predicted octanol–water partition coefficient (Wildman–Crippen LogP) is 2.61. The van der Waals surface area contributed by atoms with Crippen LogP contribution in [-0.2, 0) is 4.74 Å². The molecule has 0 aromatic carbocycles. The van der Waals surface area contributed by atoms with E-state index in [0.29, 0.717) is 0 Å². The average Bonchev–Trinajstić information content (AvgIpc) is 2.33. The number of ether oxygens (including phenoxy) is 1. The van der Waals surface area contributed by atoms with Crippen molar-refractivity contribution in [2.24, 2.45) is 0 Å². The highest BCUT2D eigenvalue weighted by Gasteiger charge is 2.32. The monoisotopic (exact) mass is 278 g/mol. The van der Waals surface area contributed by atoms with Crippen LogP contribution in [0.2, 0.25) is 0 Å². The molecule has 0 spiro atoms. The van der Waals surface area contributed by atoms with Gasteiger partial charge >= 0.3 is 0 Å². The number of aromatic nitrogens is 2. The summed E-state index contributed by atoms with van der Waals surface area (Å²) in [6, 6.07) is 2.04. The standard InChI is InChI=1S/C15H26N4O/c1-6-7-16-13-8-14(18-12(3)17-13)19-9-11(2)20-15(4,5)10-19/h8,11H,6-7,9-10H2,1-5H3,(H,16,17,18). The van der Waals surface area contributed by atoms with Crippen LogP contribution >= 0.6 is 0 Å². The van der Waals surface area contributed by atoms with Crippen LogP contribution in [0.5, 0.6) is 0 Å². The first-order chi connectivity index (χ1) is 9.39.